The molecule has 38 heavy (non-hydrogen) atoms. The Morgan fingerprint density at radius 2 is 1.74 bits per heavy atom. The first-order valence-electron chi connectivity index (χ1n) is 12.8. The third-order valence-corrected chi connectivity index (χ3v) is 8.32. The Morgan fingerprint density at radius 1 is 1.03 bits per heavy atom. The van der Waals surface area contributed by atoms with Crippen LogP contribution < -0.4 is 4.72 Å². The number of aryl methyl sites for hydroxylation is 1. The van der Waals surface area contributed by atoms with Gasteiger partial charge in [-0.25, -0.2) is 8.42 Å². The van der Waals surface area contributed by atoms with Gasteiger partial charge < -0.3 is 4.52 Å². The largest absolute Gasteiger partial charge is 0.393 e. The van der Waals surface area contributed by atoms with Gasteiger partial charge in [0.15, 0.2) is 5.82 Å². The van der Waals surface area contributed by atoms with Crippen molar-refractivity contribution in [3.63, 3.8) is 0 Å². The lowest BCUT2D eigenvalue weighted by molar-refractivity contribution is -0.127. The van der Waals surface area contributed by atoms with Crippen molar-refractivity contribution in [2.75, 3.05) is 4.72 Å². The quantitative estimate of drug-likeness (QED) is 0.182. The molecule has 2 aromatic carbocycles. The lowest BCUT2D eigenvalue weighted by Gasteiger charge is -2.23. The molecule has 0 aliphatic heterocycles. The zero-order chi connectivity index (χ0) is 28.1. The predicted molar refractivity (Wildman–Crippen MR) is 145 cm³/mol. The minimum atomic E-state index is -4.48. The summed E-state index contributed by atoms with van der Waals surface area (Å²) in [6.45, 7) is 11.1. The molecule has 5 nitrogen and oxygen atoms in total. The van der Waals surface area contributed by atoms with Gasteiger partial charge in [0.2, 0.25) is 0 Å². The molecule has 1 atom stereocenters. The molecular weight excluding hydrogens is 513 g/mol. The summed E-state index contributed by atoms with van der Waals surface area (Å²) in [6.07, 6.45) is 1.12. The summed E-state index contributed by atoms with van der Waals surface area (Å²) in [4.78, 5) is -0.143. The summed E-state index contributed by atoms with van der Waals surface area (Å²) >= 11 is 0. The van der Waals surface area contributed by atoms with Gasteiger partial charge in [0.1, 0.15) is 5.76 Å². The maximum absolute atomic E-state index is 13.8. The second-order valence-corrected chi connectivity index (χ2v) is 11.3. The van der Waals surface area contributed by atoms with Crippen molar-refractivity contribution in [3.8, 4) is 11.1 Å². The first-order chi connectivity index (χ1) is 17.9. The highest BCUT2D eigenvalue weighted by atomic mass is 32.2. The second kappa shape index (κ2) is 12.2. The number of halogens is 3. The van der Waals surface area contributed by atoms with E-state index in [1.807, 2.05) is 0 Å². The van der Waals surface area contributed by atoms with E-state index in [0.717, 1.165) is 37.7 Å². The first-order valence-corrected chi connectivity index (χ1v) is 14.2. The Hall–Kier alpha value is -3.07. The van der Waals surface area contributed by atoms with Gasteiger partial charge in [-0.15, -0.1) is 6.58 Å². The number of allylic oxidation sites excluding steroid dienone is 1. The Morgan fingerprint density at radius 3 is 2.34 bits per heavy atom. The van der Waals surface area contributed by atoms with Crippen LogP contribution in [0.5, 0.6) is 0 Å². The highest BCUT2D eigenvalue weighted by molar-refractivity contribution is 7.92. The van der Waals surface area contributed by atoms with E-state index >= 15 is 0 Å². The summed E-state index contributed by atoms with van der Waals surface area (Å²) in [5.41, 5.74) is 2.29. The maximum atomic E-state index is 13.8. The molecule has 0 aliphatic carbocycles. The molecule has 1 N–H and O–H groups in total. The lowest BCUT2D eigenvalue weighted by atomic mass is 9.84. The van der Waals surface area contributed by atoms with Crippen LogP contribution >= 0.6 is 0 Å². The van der Waals surface area contributed by atoms with Crippen molar-refractivity contribution in [1.29, 1.82) is 0 Å². The van der Waals surface area contributed by atoms with Crippen molar-refractivity contribution in [2.24, 2.45) is 0 Å². The Balaban J connectivity index is 2.12. The molecule has 9 heteroatoms. The van der Waals surface area contributed by atoms with Gasteiger partial charge in [-0.1, -0.05) is 74.2 Å². The second-order valence-electron chi connectivity index (χ2n) is 9.60. The molecule has 3 rings (SSSR count). The zero-order valence-corrected chi connectivity index (χ0v) is 23.1. The van der Waals surface area contributed by atoms with Crippen LogP contribution in [0.15, 0.2) is 58.5 Å². The van der Waals surface area contributed by atoms with Crippen LogP contribution in [0.1, 0.15) is 73.0 Å². The highest BCUT2D eigenvalue weighted by Gasteiger charge is 2.32. The van der Waals surface area contributed by atoms with E-state index in [-0.39, 0.29) is 33.3 Å². The van der Waals surface area contributed by atoms with Crippen LogP contribution in [0.4, 0.5) is 19.0 Å². The number of unbranched alkanes of at least 4 members (excludes halogenated alkanes) is 3. The molecule has 1 aromatic heterocycles. The SMILES string of the molecule is C=CC(CCCCCC)c1ccc(-c2ccccc2S(=O)(=O)Nc2noc(C)c2C)c(CC(F)(F)F)c1C. The molecule has 0 saturated heterocycles. The molecule has 0 saturated carbocycles. The molecule has 1 unspecified atom stereocenters. The van der Waals surface area contributed by atoms with Crippen LogP contribution in [-0.2, 0) is 16.4 Å². The molecule has 0 spiro atoms. The number of sulfonamides is 1. The zero-order valence-electron chi connectivity index (χ0n) is 22.3. The van der Waals surface area contributed by atoms with Gasteiger partial charge in [0.05, 0.1) is 11.3 Å². The summed E-state index contributed by atoms with van der Waals surface area (Å²) < 4.78 is 75.7. The van der Waals surface area contributed by atoms with E-state index in [2.05, 4.69) is 23.4 Å². The Bertz CT molecular complexity index is 1380. The number of alkyl halides is 3. The summed E-state index contributed by atoms with van der Waals surface area (Å²) in [5.74, 6) is 0.407. The predicted octanol–water partition coefficient (Wildman–Crippen LogP) is 8.41. The number of nitrogens with zero attached hydrogens (tertiary/aromatic N) is 1. The number of hydrogen-bond acceptors (Lipinski definition) is 4. The van der Waals surface area contributed by atoms with Gasteiger partial charge in [-0.2, -0.15) is 13.2 Å². The topological polar surface area (TPSA) is 72.2 Å². The van der Waals surface area contributed by atoms with Gasteiger partial charge in [-0.05, 0) is 55.5 Å². The summed E-state index contributed by atoms with van der Waals surface area (Å²) in [7, 11) is -4.19. The standard InChI is InChI=1S/C29H35F3N2O3S/c1-6-8-9-10-13-22(7-2)23-16-17-24(26(20(23)4)18-29(30,31)32)25-14-11-12-15-27(25)38(35,36)34-28-19(3)21(5)37-33-28/h7,11-12,14-17,22H,2,6,8-10,13,18H2,1,3-5H3,(H,33,34). The number of hydrogen-bond donors (Lipinski definition) is 1. The first kappa shape index (κ1) is 29.5. The maximum Gasteiger partial charge on any atom is 0.393 e. The molecule has 0 fully saturated rings. The van der Waals surface area contributed by atoms with Crippen molar-refractivity contribution < 1.29 is 26.1 Å². The van der Waals surface area contributed by atoms with Gasteiger partial charge in [0, 0.05) is 17.0 Å². The summed E-state index contributed by atoms with van der Waals surface area (Å²) in [5, 5.41) is 3.76. The van der Waals surface area contributed by atoms with Crippen molar-refractivity contribution in [3.05, 3.63) is 77.1 Å². The number of nitrogens with one attached hydrogen (secondary N) is 1. The van der Waals surface area contributed by atoms with Crippen LogP contribution in [-0.4, -0.2) is 19.8 Å². The fraction of sp³-hybridized carbons (Fsp3) is 0.414. The van der Waals surface area contributed by atoms with E-state index in [1.165, 1.54) is 18.2 Å². The summed E-state index contributed by atoms with van der Waals surface area (Å²) in [6, 6.07) is 9.46. The van der Waals surface area contributed by atoms with Gasteiger partial charge in [-0.3, -0.25) is 4.72 Å². The molecule has 206 valence electrons. The normalized spacial score (nSPS) is 12.9. The molecule has 0 aliphatic rings. The fourth-order valence-corrected chi connectivity index (χ4v) is 5.95. The van der Waals surface area contributed by atoms with Gasteiger partial charge >= 0.3 is 6.18 Å². The lowest BCUT2D eigenvalue weighted by Crippen LogP contribution is -2.17. The van der Waals surface area contributed by atoms with E-state index in [0.29, 0.717) is 16.9 Å². The van der Waals surface area contributed by atoms with E-state index in [1.54, 1.807) is 45.0 Å². The fourth-order valence-electron chi connectivity index (χ4n) is 4.67. The number of rotatable bonds is 12. The third-order valence-electron chi connectivity index (χ3n) is 6.93. The minimum absolute atomic E-state index is 0.0382. The molecular formula is C29H35F3N2O3S. The van der Waals surface area contributed by atoms with Crippen molar-refractivity contribution >= 4 is 15.8 Å². The van der Waals surface area contributed by atoms with Crippen LogP contribution in [0.2, 0.25) is 0 Å². The van der Waals surface area contributed by atoms with Crippen molar-refractivity contribution in [2.45, 2.75) is 83.2 Å². The average Bonchev–Trinajstić information content (AvgIpc) is 3.17. The van der Waals surface area contributed by atoms with Crippen molar-refractivity contribution in [1.82, 2.24) is 5.16 Å². The Kier molecular flexibility index (Phi) is 9.46. The number of benzene rings is 2. The molecule has 1 heterocycles. The van der Waals surface area contributed by atoms with Crippen LogP contribution in [0.25, 0.3) is 11.1 Å². The van der Waals surface area contributed by atoms with E-state index in [4.69, 9.17) is 4.52 Å². The molecule has 0 bridgehead atoms. The third kappa shape index (κ3) is 6.87. The van der Waals surface area contributed by atoms with Crippen LogP contribution in [0.3, 0.4) is 0 Å². The number of aromatic nitrogens is 1. The Labute approximate surface area is 223 Å². The smallest absolute Gasteiger partial charge is 0.359 e. The molecule has 3 aromatic rings. The van der Waals surface area contributed by atoms with Gasteiger partial charge in [0.25, 0.3) is 10.0 Å². The highest BCUT2D eigenvalue weighted by Crippen LogP contribution is 2.39. The van der Waals surface area contributed by atoms with Crippen LogP contribution in [0, 0.1) is 20.8 Å². The van der Waals surface area contributed by atoms with E-state index in [9.17, 15) is 21.6 Å². The average molecular weight is 549 g/mol. The van der Waals surface area contributed by atoms with E-state index < -0.39 is 22.6 Å². The molecule has 0 radical (unpaired) electrons. The number of anilines is 1. The minimum Gasteiger partial charge on any atom is -0.359 e. The molecule has 0 amide bonds. The monoisotopic (exact) mass is 548 g/mol.